The van der Waals surface area contributed by atoms with Crippen molar-refractivity contribution in [3.63, 3.8) is 0 Å². The molecule has 0 atom stereocenters. The number of hydrogen-bond acceptors (Lipinski definition) is 2. The molecule has 1 N–H and O–H groups in total. The van der Waals surface area contributed by atoms with E-state index in [0.717, 1.165) is 0 Å². The minimum atomic E-state index is -2.65. The van der Waals surface area contributed by atoms with E-state index in [4.69, 9.17) is 11.6 Å². The fraction of sp³-hybridized carbons (Fsp3) is 0.182. The summed E-state index contributed by atoms with van der Waals surface area (Å²) < 4.78 is 38.0. The lowest BCUT2D eigenvalue weighted by atomic mass is 10.3. The number of aromatic nitrogens is 2. The van der Waals surface area contributed by atoms with Gasteiger partial charge in [-0.25, -0.2) is 9.07 Å². The molecule has 0 bridgehead atoms. The van der Waals surface area contributed by atoms with Crippen LogP contribution in [-0.2, 0) is 6.54 Å². The summed E-state index contributed by atoms with van der Waals surface area (Å²) in [4.78, 5) is 0. The molecule has 0 unspecified atom stereocenters. The summed E-state index contributed by atoms with van der Waals surface area (Å²) >= 11 is 5.61. The standard InChI is InChI=1S/C11H9ClF3N3/c12-9-5-7(1-2-10(9)13)16-6-8-3-4-18(17-8)11(14)15/h1-5,11,16H,6H2. The number of hydrogen-bond donors (Lipinski definition) is 1. The first-order valence-corrected chi connectivity index (χ1v) is 5.45. The van der Waals surface area contributed by atoms with Crippen molar-refractivity contribution in [1.29, 1.82) is 0 Å². The van der Waals surface area contributed by atoms with Gasteiger partial charge in [-0.1, -0.05) is 11.6 Å². The first-order chi connectivity index (χ1) is 8.56. The van der Waals surface area contributed by atoms with E-state index in [-0.39, 0.29) is 11.6 Å². The lowest BCUT2D eigenvalue weighted by Gasteiger charge is -2.05. The molecule has 0 saturated carbocycles. The normalized spacial score (nSPS) is 10.9. The molecule has 1 aromatic carbocycles. The Balaban J connectivity index is 2.00. The van der Waals surface area contributed by atoms with Gasteiger partial charge in [-0.15, -0.1) is 0 Å². The van der Waals surface area contributed by atoms with Crippen molar-refractivity contribution in [2.24, 2.45) is 0 Å². The van der Waals surface area contributed by atoms with Crippen LogP contribution >= 0.6 is 11.6 Å². The van der Waals surface area contributed by atoms with Crippen molar-refractivity contribution in [2.75, 3.05) is 5.32 Å². The number of nitrogens with one attached hydrogen (secondary N) is 1. The molecule has 96 valence electrons. The maximum Gasteiger partial charge on any atom is 0.333 e. The van der Waals surface area contributed by atoms with Gasteiger partial charge in [-0.05, 0) is 24.3 Å². The van der Waals surface area contributed by atoms with Crippen LogP contribution < -0.4 is 5.32 Å². The van der Waals surface area contributed by atoms with Crippen molar-refractivity contribution < 1.29 is 13.2 Å². The van der Waals surface area contributed by atoms with Crippen LogP contribution in [0.4, 0.5) is 18.9 Å². The van der Waals surface area contributed by atoms with E-state index in [1.165, 1.54) is 30.5 Å². The molecule has 7 heteroatoms. The minimum Gasteiger partial charge on any atom is -0.379 e. The third-order valence-corrected chi connectivity index (χ3v) is 2.55. The molecule has 0 aliphatic rings. The van der Waals surface area contributed by atoms with Gasteiger partial charge in [0.1, 0.15) is 5.82 Å². The van der Waals surface area contributed by atoms with E-state index in [1.54, 1.807) is 0 Å². The molecule has 0 saturated heterocycles. The van der Waals surface area contributed by atoms with Gasteiger partial charge in [0, 0.05) is 11.9 Å². The summed E-state index contributed by atoms with van der Waals surface area (Å²) in [5.74, 6) is -0.510. The van der Waals surface area contributed by atoms with E-state index >= 15 is 0 Å². The fourth-order valence-corrected chi connectivity index (χ4v) is 1.56. The number of anilines is 1. The highest BCUT2D eigenvalue weighted by Crippen LogP contribution is 2.19. The van der Waals surface area contributed by atoms with Crippen molar-refractivity contribution >= 4 is 17.3 Å². The Hall–Kier alpha value is -1.69. The topological polar surface area (TPSA) is 29.9 Å². The second-order valence-electron chi connectivity index (χ2n) is 3.55. The summed E-state index contributed by atoms with van der Waals surface area (Å²) in [6.07, 6.45) is 1.19. The van der Waals surface area contributed by atoms with Crippen LogP contribution in [0.1, 0.15) is 12.2 Å². The molecule has 1 heterocycles. The number of nitrogens with zero attached hydrogens (tertiary/aromatic N) is 2. The van der Waals surface area contributed by atoms with Crippen molar-refractivity contribution in [1.82, 2.24) is 9.78 Å². The molecular weight excluding hydrogens is 267 g/mol. The summed E-state index contributed by atoms with van der Waals surface area (Å²) in [7, 11) is 0. The van der Waals surface area contributed by atoms with Crippen molar-refractivity contribution in [3.8, 4) is 0 Å². The average Bonchev–Trinajstić information content (AvgIpc) is 2.79. The Kier molecular flexibility index (Phi) is 3.76. The Morgan fingerprint density at radius 1 is 1.33 bits per heavy atom. The van der Waals surface area contributed by atoms with Gasteiger partial charge >= 0.3 is 6.55 Å². The van der Waals surface area contributed by atoms with Gasteiger partial charge in [0.2, 0.25) is 0 Å². The highest BCUT2D eigenvalue weighted by molar-refractivity contribution is 6.31. The Bertz CT molecular complexity index is 542. The molecule has 0 radical (unpaired) electrons. The second kappa shape index (κ2) is 5.30. The Morgan fingerprint density at radius 2 is 2.11 bits per heavy atom. The SMILES string of the molecule is Fc1ccc(NCc2ccn(C(F)F)n2)cc1Cl. The first kappa shape index (κ1) is 12.8. The molecule has 0 spiro atoms. The van der Waals surface area contributed by atoms with Gasteiger partial charge in [0.05, 0.1) is 17.3 Å². The second-order valence-corrected chi connectivity index (χ2v) is 3.95. The van der Waals surface area contributed by atoms with Gasteiger partial charge in [-0.3, -0.25) is 0 Å². The van der Waals surface area contributed by atoms with Crippen molar-refractivity contribution in [2.45, 2.75) is 13.1 Å². The van der Waals surface area contributed by atoms with E-state index in [0.29, 0.717) is 16.1 Å². The maximum absolute atomic E-state index is 12.9. The Morgan fingerprint density at radius 3 is 2.72 bits per heavy atom. The van der Waals surface area contributed by atoms with Crippen LogP contribution in [0.5, 0.6) is 0 Å². The number of rotatable bonds is 4. The molecular formula is C11H9ClF3N3. The number of alkyl halides is 2. The Labute approximate surface area is 106 Å². The van der Waals surface area contributed by atoms with Crippen LogP contribution in [0.15, 0.2) is 30.5 Å². The lowest BCUT2D eigenvalue weighted by Crippen LogP contribution is -2.03. The molecule has 2 rings (SSSR count). The molecule has 3 nitrogen and oxygen atoms in total. The summed E-state index contributed by atoms with van der Waals surface area (Å²) in [6, 6.07) is 5.62. The minimum absolute atomic E-state index is 0.00175. The van der Waals surface area contributed by atoms with Crippen LogP contribution in [0.3, 0.4) is 0 Å². The molecule has 0 aliphatic heterocycles. The number of halogens is 4. The predicted octanol–water partition coefficient (Wildman–Crippen LogP) is 3.68. The zero-order valence-corrected chi connectivity index (χ0v) is 9.83. The van der Waals surface area contributed by atoms with E-state index in [2.05, 4.69) is 10.4 Å². The third-order valence-electron chi connectivity index (χ3n) is 2.26. The molecule has 0 amide bonds. The monoisotopic (exact) mass is 275 g/mol. The average molecular weight is 276 g/mol. The highest BCUT2D eigenvalue weighted by Gasteiger charge is 2.07. The van der Waals surface area contributed by atoms with E-state index in [9.17, 15) is 13.2 Å². The first-order valence-electron chi connectivity index (χ1n) is 5.07. The van der Waals surface area contributed by atoms with Crippen LogP contribution in [0.25, 0.3) is 0 Å². The zero-order valence-electron chi connectivity index (χ0n) is 9.08. The van der Waals surface area contributed by atoms with Crippen molar-refractivity contribution in [3.05, 3.63) is 47.0 Å². The summed E-state index contributed by atoms with van der Waals surface area (Å²) in [6.45, 7) is -2.40. The summed E-state index contributed by atoms with van der Waals surface area (Å²) in [5, 5.41) is 6.57. The number of benzene rings is 1. The highest BCUT2D eigenvalue weighted by atomic mass is 35.5. The zero-order chi connectivity index (χ0) is 13.1. The summed E-state index contributed by atoms with van der Waals surface area (Å²) in [5.41, 5.74) is 1.05. The van der Waals surface area contributed by atoms with Gasteiger partial charge < -0.3 is 5.32 Å². The van der Waals surface area contributed by atoms with Crippen LogP contribution in [0, 0.1) is 5.82 Å². The van der Waals surface area contributed by atoms with Crippen LogP contribution in [0.2, 0.25) is 5.02 Å². The predicted molar refractivity (Wildman–Crippen MR) is 62.2 cm³/mol. The van der Waals surface area contributed by atoms with Gasteiger partial charge in [0.15, 0.2) is 0 Å². The molecule has 0 aliphatic carbocycles. The third kappa shape index (κ3) is 2.95. The van der Waals surface area contributed by atoms with E-state index in [1.807, 2.05) is 0 Å². The molecule has 2 aromatic rings. The van der Waals surface area contributed by atoms with Crippen LogP contribution in [-0.4, -0.2) is 9.78 Å². The molecule has 1 aromatic heterocycles. The van der Waals surface area contributed by atoms with E-state index < -0.39 is 12.4 Å². The largest absolute Gasteiger partial charge is 0.379 e. The molecule has 18 heavy (non-hydrogen) atoms. The lowest BCUT2D eigenvalue weighted by molar-refractivity contribution is 0.0562. The smallest absolute Gasteiger partial charge is 0.333 e. The van der Waals surface area contributed by atoms with Gasteiger partial charge in [0.25, 0.3) is 0 Å². The van der Waals surface area contributed by atoms with Gasteiger partial charge in [-0.2, -0.15) is 13.9 Å². The fourth-order valence-electron chi connectivity index (χ4n) is 1.38. The molecule has 0 fully saturated rings. The quantitative estimate of drug-likeness (QED) is 0.922. The maximum atomic E-state index is 12.9.